The van der Waals surface area contributed by atoms with Gasteiger partial charge in [0.05, 0.1) is 28.5 Å². The van der Waals surface area contributed by atoms with E-state index >= 15 is 0 Å². The summed E-state index contributed by atoms with van der Waals surface area (Å²) in [6.07, 6.45) is 3.62. The predicted octanol–water partition coefficient (Wildman–Crippen LogP) is 3.48. The zero-order chi connectivity index (χ0) is 17.2. The van der Waals surface area contributed by atoms with Gasteiger partial charge in [-0.15, -0.1) is 11.3 Å². The molecule has 4 rings (SSSR count). The van der Waals surface area contributed by atoms with Crippen LogP contribution in [0.1, 0.15) is 35.9 Å². The third kappa shape index (κ3) is 3.17. The number of aromatic nitrogens is 3. The Hall–Kier alpha value is -2.61. The summed E-state index contributed by atoms with van der Waals surface area (Å²) in [7, 11) is 0. The molecule has 8 heteroatoms. The van der Waals surface area contributed by atoms with Crippen LogP contribution in [0, 0.1) is 6.92 Å². The highest BCUT2D eigenvalue weighted by Crippen LogP contribution is 2.32. The number of hydrogen-bond donors (Lipinski definition) is 2. The van der Waals surface area contributed by atoms with Gasteiger partial charge in [-0.3, -0.25) is 5.10 Å². The quantitative estimate of drug-likeness (QED) is 0.748. The molecule has 0 spiro atoms. The Labute approximate surface area is 149 Å². The van der Waals surface area contributed by atoms with Gasteiger partial charge in [-0.25, -0.2) is 4.79 Å². The van der Waals surface area contributed by atoms with Crippen molar-refractivity contribution in [1.29, 1.82) is 0 Å². The van der Waals surface area contributed by atoms with E-state index in [1.54, 1.807) is 17.5 Å². The fraction of sp³-hybridized carbons (Fsp3) is 0.353. The highest BCUT2D eigenvalue weighted by molar-refractivity contribution is 7.13. The topological polar surface area (TPSA) is 87.0 Å². The second-order valence-electron chi connectivity index (χ2n) is 6.13. The molecule has 130 valence electrons. The van der Waals surface area contributed by atoms with Crippen molar-refractivity contribution >= 4 is 17.4 Å². The summed E-state index contributed by atoms with van der Waals surface area (Å²) in [5.74, 6) is 0.757. The first kappa shape index (κ1) is 15.9. The number of likely N-dealkylation sites (tertiary alicyclic amines) is 1. The molecule has 0 radical (unpaired) electrons. The van der Waals surface area contributed by atoms with Crippen LogP contribution >= 0.6 is 11.3 Å². The van der Waals surface area contributed by atoms with Gasteiger partial charge in [0.2, 0.25) is 0 Å². The van der Waals surface area contributed by atoms with Crippen molar-refractivity contribution in [1.82, 2.24) is 25.6 Å². The van der Waals surface area contributed by atoms with Crippen LogP contribution in [-0.4, -0.2) is 32.8 Å². The van der Waals surface area contributed by atoms with Gasteiger partial charge in [0.15, 0.2) is 5.76 Å². The third-order valence-electron chi connectivity index (χ3n) is 4.40. The summed E-state index contributed by atoms with van der Waals surface area (Å²) in [6, 6.07) is 5.81. The van der Waals surface area contributed by atoms with Gasteiger partial charge in [-0.1, -0.05) is 11.2 Å². The molecule has 7 nitrogen and oxygen atoms in total. The van der Waals surface area contributed by atoms with E-state index in [2.05, 4.69) is 20.7 Å². The van der Waals surface area contributed by atoms with E-state index in [4.69, 9.17) is 4.52 Å². The van der Waals surface area contributed by atoms with E-state index in [9.17, 15) is 4.79 Å². The Balaban J connectivity index is 1.43. The summed E-state index contributed by atoms with van der Waals surface area (Å²) in [4.78, 5) is 15.6. The second-order valence-corrected chi connectivity index (χ2v) is 7.08. The number of aromatic amines is 1. The molecule has 0 aliphatic carbocycles. The molecule has 0 aromatic carbocycles. The number of thiophene rings is 1. The molecule has 1 atom stereocenters. The van der Waals surface area contributed by atoms with Crippen LogP contribution < -0.4 is 5.32 Å². The summed E-state index contributed by atoms with van der Waals surface area (Å²) in [5, 5.41) is 16.1. The van der Waals surface area contributed by atoms with Gasteiger partial charge in [0.25, 0.3) is 0 Å². The van der Waals surface area contributed by atoms with E-state index < -0.39 is 0 Å². The fourth-order valence-corrected chi connectivity index (χ4v) is 3.95. The normalized spacial score (nSPS) is 17.2. The van der Waals surface area contributed by atoms with Crippen molar-refractivity contribution in [2.75, 3.05) is 6.54 Å². The zero-order valence-corrected chi connectivity index (χ0v) is 14.7. The molecule has 0 unspecified atom stereocenters. The van der Waals surface area contributed by atoms with Crippen LogP contribution in [0.25, 0.3) is 10.6 Å². The second kappa shape index (κ2) is 6.72. The Morgan fingerprint density at radius 2 is 2.48 bits per heavy atom. The Bertz CT molecular complexity index is 854. The highest BCUT2D eigenvalue weighted by Gasteiger charge is 2.32. The Kier molecular flexibility index (Phi) is 4.27. The fourth-order valence-electron chi connectivity index (χ4n) is 3.20. The average molecular weight is 357 g/mol. The number of nitrogens with zero attached hydrogens (tertiary/aromatic N) is 3. The molecular weight excluding hydrogens is 338 g/mol. The van der Waals surface area contributed by atoms with Crippen molar-refractivity contribution in [2.24, 2.45) is 0 Å². The van der Waals surface area contributed by atoms with Crippen molar-refractivity contribution in [3.63, 3.8) is 0 Å². The highest BCUT2D eigenvalue weighted by atomic mass is 32.1. The van der Waals surface area contributed by atoms with Gasteiger partial charge < -0.3 is 14.7 Å². The molecule has 3 aromatic rings. The molecule has 1 aliphatic heterocycles. The van der Waals surface area contributed by atoms with Gasteiger partial charge in [0, 0.05) is 24.7 Å². The van der Waals surface area contributed by atoms with Crippen molar-refractivity contribution in [3.8, 4) is 10.6 Å². The molecular formula is C17H19N5O2S. The minimum atomic E-state index is -0.0881. The lowest BCUT2D eigenvalue weighted by atomic mass is 10.1. The largest absolute Gasteiger partial charge is 0.359 e. The molecule has 1 aliphatic rings. The SMILES string of the molecule is Cc1cc([C@H]2CCCN2C(=O)NCc2cn[nH]c2-c2cccs2)on1. The van der Waals surface area contributed by atoms with Crippen molar-refractivity contribution in [2.45, 2.75) is 32.4 Å². The smallest absolute Gasteiger partial charge is 0.318 e. The predicted molar refractivity (Wildman–Crippen MR) is 94.1 cm³/mol. The molecule has 2 amide bonds. The van der Waals surface area contributed by atoms with E-state index in [1.807, 2.05) is 35.4 Å². The summed E-state index contributed by atoms with van der Waals surface area (Å²) in [5.41, 5.74) is 2.77. The lowest BCUT2D eigenvalue weighted by Gasteiger charge is -2.23. The first-order valence-corrected chi connectivity index (χ1v) is 9.14. The minimum Gasteiger partial charge on any atom is -0.359 e. The van der Waals surface area contributed by atoms with E-state index in [0.29, 0.717) is 6.54 Å². The van der Waals surface area contributed by atoms with E-state index in [-0.39, 0.29) is 12.1 Å². The number of H-pyrrole nitrogens is 1. The molecule has 25 heavy (non-hydrogen) atoms. The van der Waals surface area contributed by atoms with Crippen molar-refractivity contribution < 1.29 is 9.32 Å². The summed E-state index contributed by atoms with van der Waals surface area (Å²) < 4.78 is 5.36. The number of carbonyl (C=O) groups is 1. The number of carbonyl (C=O) groups excluding carboxylic acids is 1. The standard InChI is InChI=1S/C17H19N5O2S/c1-11-8-14(24-21-11)13-4-2-6-22(13)17(23)18-9-12-10-19-20-16(12)15-5-3-7-25-15/h3,5,7-8,10,13H,2,4,6,9H2,1H3,(H,18,23)(H,19,20)/t13-/m1/s1. The summed E-state index contributed by atoms with van der Waals surface area (Å²) in [6.45, 7) is 3.04. The maximum absolute atomic E-state index is 12.7. The van der Waals surface area contributed by atoms with Crippen LogP contribution in [-0.2, 0) is 6.54 Å². The van der Waals surface area contributed by atoms with Crippen LogP contribution in [0.4, 0.5) is 4.79 Å². The third-order valence-corrected chi connectivity index (χ3v) is 5.29. The number of urea groups is 1. The molecule has 3 aromatic heterocycles. The first-order chi connectivity index (χ1) is 12.2. The zero-order valence-electron chi connectivity index (χ0n) is 13.9. The number of amides is 2. The first-order valence-electron chi connectivity index (χ1n) is 8.26. The molecule has 0 saturated carbocycles. The maximum atomic E-state index is 12.7. The van der Waals surface area contributed by atoms with Gasteiger partial charge in [-0.05, 0) is 31.2 Å². The van der Waals surface area contributed by atoms with Crippen molar-refractivity contribution in [3.05, 3.63) is 46.8 Å². The van der Waals surface area contributed by atoms with E-state index in [0.717, 1.165) is 47.0 Å². The molecule has 4 heterocycles. The molecule has 0 bridgehead atoms. The number of nitrogens with one attached hydrogen (secondary N) is 2. The van der Waals surface area contributed by atoms with E-state index in [1.165, 1.54) is 0 Å². The Morgan fingerprint density at radius 1 is 1.56 bits per heavy atom. The van der Waals surface area contributed by atoms with Crippen LogP contribution in [0.5, 0.6) is 0 Å². The Morgan fingerprint density at radius 3 is 3.24 bits per heavy atom. The maximum Gasteiger partial charge on any atom is 0.318 e. The molecule has 1 fully saturated rings. The van der Waals surface area contributed by atoms with Gasteiger partial charge in [0.1, 0.15) is 0 Å². The minimum absolute atomic E-state index is 0.0395. The van der Waals surface area contributed by atoms with Crippen LogP contribution in [0.3, 0.4) is 0 Å². The number of hydrogen-bond acceptors (Lipinski definition) is 5. The summed E-state index contributed by atoms with van der Waals surface area (Å²) >= 11 is 1.64. The molecule has 2 N–H and O–H groups in total. The lowest BCUT2D eigenvalue weighted by Crippen LogP contribution is -2.39. The monoisotopic (exact) mass is 357 g/mol. The van der Waals surface area contributed by atoms with Gasteiger partial charge >= 0.3 is 6.03 Å². The molecule has 1 saturated heterocycles. The lowest BCUT2D eigenvalue weighted by molar-refractivity contribution is 0.182. The number of aryl methyl sites for hydroxylation is 1. The van der Waals surface area contributed by atoms with Crippen LogP contribution in [0.2, 0.25) is 0 Å². The van der Waals surface area contributed by atoms with Crippen LogP contribution in [0.15, 0.2) is 34.3 Å². The average Bonchev–Trinajstić information content (AvgIpc) is 3.37. The van der Waals surface area contributed by atoms with Gasteiger partial charge in [-0.2, -0.15) is 5.10 Å². The number of rotatable bonds is 4.